The van der Waals surface area contributed by atoms with Crippen LogP contribution in [0.25, 0.3) is 0 Å². The van der Waals surface area contributed by atoms with Crippen molar-refractivity contribution >= 4 is 26.4 Å². The minimum atomic E-state index is -2.02. The third-order valence-electron chi connectivity index (χ3n) is 0.756. The Bertz CT molecular complexity index is 189. The fourth-order valence-corrected chi connectivity index (χ4v) is 1.90. The fraction of sp³-hybridized carbons (Fsp3) is 0.667. The van der Waals surface area contributed by atoms with Crippen molar-refractivity contribution in [3.8, 4) is 0 Å². The van der Waals surface area contributed by atoms with E-state index in [0.29, 0.717) is 4.32 Å². The first-order valence-electron chi connectivity index (χ1n) is 2.13. The summed E-state index contributed by atoms with van der Waals surface area (Å²) in [6, 6.07) is 0. The van der Waals surface area contributed by atoms with Gasteiger partial charge in [0, 0.05) is 12.3 Å². The van der Waals surface area contributed by atoms with Gasteiger partial charge in [0.25, 0.3) is 0 Å². The topological polar surface area (TPSA) is 46.2 Å². The van der Waals surface area contributed by atoms with Gasteiger partial charge < -0.3 is 0 Å². The van der Waals surface area contributed by atoms with E-state index < -0.39 is 10.3 Å². The van der Waals surface area contributed by atoms with E-state index in [-0.39, 0.29) is 0 Å². The van der Waals surface area contributed by atoms with E-state index in [1.165, 1.54) is 11.8 Å². The number of nitrogens with one attached hydrogen (secondary N) is 1. The van der Waals surface area contributed by atoms with Crippen LogP contribution in [0.1, 0.15) is 0 Å². The quantitative estimate of drug-likeness (QED) is 0.465. The molecule has 5 heteroatoms. The minimum absolute atomic E-state index is 0.380. The van der Waals surface area contributed by atoms with Crippen molar-refractivity contribution in [1.82, 2.24) is 5.32 Å². The van der Waals surface area contributed by atoms with Gasteiger partial charge in [-0.05, 0) is 0 Å². The van der Waals surface area contributed by atoms with Crippen molar-refractivity contribution < 1.29 is 8.42 Å². The second-order valence-corrected chi connectivity index (χ2v) is 3.54. The number of thioether (sulfide) groups is 1. The first-order chi connectivity index (χ1) is 3.80. The van der Waals surface area contributed by atoms with Crippen molar-refractivity contribution in [3.05, 3.63) is 0 Å². The molecule has 0 spiro atoms. The maximum Gasteiger partial charge on any atom is 0.239 e. The van der Waals surface area contributed by atoms with E-state index in [1.807, 2.05) is 0 Å². The molecule has 3 nitrogen and oxygen atoms in total. The maximum atomic E-state index is 10.1. The van der Waals surface area contributed by atoms with Gasteiger partial charge >= 0.3 is 0 Å². The smallest absolute Gasteiger partial charge is 0.239 e. The van der Waals surface area contributed by atoms with Gasteiger partial charge in [0.05, 0.1) is 0 Å². The van der Waals surface area contributed by atoms with Gasteiger partial charge in [0.1, 0.15) is 0 Å². The van der Waals surface area contributed by atoms with Crippen LogP contribution in [0, 0.1) is 0 Å². The van der Waals surface area contributed by atoms with E-state index in [1.54, 1.807) is 0 Å². The zero-order valence-electron chi connectivity index (χ0n) is 4.05. The highest BCUT2D eigenvalue weighted by atomic mass is 32.2. The van der Waals surface area contributed by atoms with E-state index in [2.05, 4.69) is 5.32 Å². The van der Waals surface area contributed by atoms with Gasteiger partial charge in [0.2, 0.25) is 10.3 Å². The summed E-state index contributed by atoms with van der Waals surface area (Å²) in [6.45, 7) is 0.772. The van der Waals surface area contributed by atoms with Crippen LogP contribution in [-0.2, 0) is 10.3 Å². The summed E-state index contributed by atoms with van der Waals surface area (Å²) in [6.07, 6.45) is 0. The van der Waals surface area contributed by atoms with Crippen LogP contribution < -0.4 is 5.32 Å². The Labute approximate surface area is 53.0 Å². The predicted octanol–water partition coefficient (Wildman–Crippen LogP) is -0.711. The second kappa shape index (κ2) is 2.52. The molecule has 1 fully saturated rings. The largest absolute Gasteiger partial charge is 0.269 e. The Morgan fingerprint density at radius 3 is 2.62 bits per heavy atom. The Morgan fingerprint density at radius 1 is 1.62 bits per heavy atom. The lowest BCUT2D eigenvalue weighted by atomic mass is 10.8. The second-order valence-electron chi connectivity index (χ2n) is 1.30. The van der Waals surface area contributed by atoms with Crippen molar-refractivity contribution in [2.75, 3.05) is 12.3 Å². The van der Waals surface area contributed by atoms with Crippen LogP contribution in [0.15, 0.2) is 0 Å². The molecule has 1 heterocycles. The molecule has 1 rings (SSSR count). The highest BCUT2D eigenvalue weighted by Crippen LogP contribution is 2.04. The Balaban J connectivity index is 2.88. The molecule has 0 atom stereocenters. The zero-order chi connectivity index (χ0) is 5.98. The molecule has 0 aromatic carbocycles. The molecule has 0 radical (unpaired) electrons. The average molecular weight is 151 g/mol. The summed E-state index contributed by atoms with van der Waals surface area (Å²) < 4.78 is 20.5. The van der Waals surface area contributed by atoms with Gasteiger partial charge in [-0.2, -0.15) is 8.42 Å². The van der Waals surface area contributed by atoms with Crippen LogP contribution in [0.3, 0.4) is 0 Å². The normalized spacial score (nSPS) is 19.2. The minimum Gasteiger partial charge on any atom is -0.269 e. The van der Waals surface area contributed by atoms with Crippen LogP contribution in [0.2, 0.25) is 0 Å². The van der Waals surface area contributed by atoms with E-state index in [0.717, 1.165) is 12.3 Å². The standard InChI is InChI=1S/C3H5NO2S2/c5-8(6)3-4-1-2-7-3/h4H,1-2H2. The lowest BCUT2D eigenvalue weighted by Crippen LogP contribution is -2.13. The summed E-state index contributed by atoms with van der Waals surface area (Å²) in [5.74, 6) is 0.864. The average Bonchev–Trinajstić information content (AvgIpc) is 2.12. The molecule has 0 saturated carbocycles. The van der Waals surface area contributed by atoms with Gasteiger partial charge in [-0.25, -0.2) is 0 Å². The summed E-state index contributed by atoms with van der Waals surface area (Å²) in [4.78, 5) is 0. The number of hydrogen-bond acceptors (Lipinski definition) is 3. The molecule has 1 aliphatic heterocycles. The summed E-state index contributed by atoms with van der Waals surface area (Å²) in [5.41, 5.74) is 0. The van der Waals surface area contributed by atoms with Crippen molar-refractivity contribution in [3.63, 3.8) is 0 Å². The molecule has 0 aromatic rings. The first kappa shape index (κ1) is 6.12. The number of hydrogen-bond donors (Lipinski definition) is 1. The van der Waals surface area contributed by atoms with E-state index in [9.17, 15) is 8.42 Å². The van der Waals surface area contributed by atoms with Gasteiger partial charge in [-0.1, -0.05) is 11.8 Å². The summed E-state index contributed by atoms with van der Waals surface area (Å²) >= 11 is 1.34. The lowest BCUT2D eigenvalue weighted by Gasteiger charge is -1.80. The highest BCUT2D eigenvalue weighted by Gasteiger charge is 2.07. The maximum absolute atomic E-state index is 10.1. The van der Waals surface area contributed by atoms with Crippen LogP contribution in [0.5, 0.6) is 0 Å². The van der Waals surface area contributed by atoms with Crippen molar-refractivity contribution in [2.24, 2.45) is 0 Å². The molecular formula is C3H5NO2S2. The fourth-order valence-electron chi connectivity index (χ4n) is 0.455. The zero-order valence-corrected chi connectivity index (χ0v) is 5.68. The molecule has 1 N–H and O–H groups in total. The van der Waals surface area contributed by atoms with E-state index >= 15 is 0 Å². The molecule has 46 valence electrons. The summed E-state index contributed by atoms with van der Waals surface area (Å²) in [7, 11) is -2.02. The lowest BCUT2D eigenvalue weighted by molar-refractivity contribution is 0.627. The molecule has 0 unspecified atom stereocenters. The highest BCUT2D eigenvalue weighted by molar-refractivity contribution is 8.22. The molecule has 0 aromatic heterocycles. The third kappa shape index (κ3) is 1.24. The van der Waals surface area contributed by atoms with Gasteiger partial charge in [0.15, 0.2) is 4.32 Å². The molecule has 8 heavy (non-hydrogen) atoms. The molecule has 1 aliphatic rings. The Morgan fingerprint density at radius 2 is 2.38 bits per heavy atom. The summed E-state index contributed by atoms with van der Waals surface area (Å²) in [5, 5.41) is 2.72. The molecule has 0 aliphatic carbocycles. The SMILES string of the molecule is O=S(=O)=C1NCCS1. The molecule has 0 bridgehead atoms. The van der Waals surface area contributed by atoms with Gasteiger partial charge in [-0.15, -0.1) is 0 Å². The van der Waals surface area contributed by atoms with Crippen LogP contribution in [0.4, 0.5) is 0 Å². The van der Waals surface area contributed by atoms with E-state index in [4.69, 9.17) is 0 Å². The third-order valence-corrected chi connectivity index (χ3v) is 2.78. The Hall–Kier alpha value is -0.0000000000000000555. The predicted molar refractivity (Wildman–Crippen MR) is 34.4 cm³/mol. The van der Waals surface area contributed by atoms with Crippen molar-refractivity contribution in [1.29, 1.82) is 0 Å². The van der Waals surface area contributed by atoms with Crippen molar-refractivity contribution in [2.45, 2.75) is 0 Å². The first-order valence-corrected chi connectivity index (χ1v) is 4.19. The molecule has 0 amide bonds. The van der Waals surface area contributed by atoms with Crippen LogP contribution in [-0.4, -0.2) is 25.0 Å². The Kier molecular flexibility index (Phi) is 1.93. The monoisotopic (exact) mass is 151 g/mol. The molecule has 1 saturated heterocycles. The molecular weight excluding hydrogens is 146 g/mol. The van der Waals surface area contributed by atoms with Gasteiger partial charge in [-0.3, -0.25) is 5.32 Å². The van der Waals surface area contributed by atoms with Crippen LogP contribution >= 0.6 is 11.8 Å². The number of rotatable bonds is 0.